The number of aryl methyl sites for hydroxylation is 1. The Labute approximate surface area is 88.5 Å². The minimum Gasteiger partial charge on any atom is -0.481 e. The van der Waals surface area contributed by atoms with Crippen LogP contribution in [0.2, 0.25) is 0 Å². The standard InChI is InChI=1S/C8H8F2INO/c1-4-6(11)3-5(7(9)10)8(12-4)13-2/h3,7H,1-2H3. The predicted molar refractivity (Wildman–Crippen MR) is 53.2 cm³/mol. The van der Waals surface area contributed by atoms with E-state index in [1.54, 1.807) is 6.92 Å². The van der Waals surface area contributed by atoms with Crippen LogP contribution in [0.4, 0.5) is 8.78 Å². The molecule has 0 bridgehead atoms. The summed E-state index contributed by atoms with van der Waals surface area (Å²) in [6.45, 7) is 1.75. The van der Waals surface area contributed by atoms with Crippen molar-refractivity contribution in [2.75, 3.05) is 7.11 Å². The summed E-state index contributed by atoms with van der Waals surface area (Å²) in [6.07, 6.45) is -2.54. The quantitative estimate of drug-likeness (QED) is 0.783. The molecule has 0 N–H and O–H groups in total. The first-order valence-electron chi connectivity index (χ1n) is 3.55. The van der Waals surface area contributed by atoms with Crippen molar-refractivity contribution in [3.8, 4) is 5.88 Å². The van der Waals surface area contributed by atoms with Crippen molar-refractivity contribution in [1.82, 2.24) is 4.98 Å². The van der Waals surface area contributed by atoms with Crippen LogP contribution in [-0.4, -0.2) is 12.1 Å². The second-order valence-electron chi connectivity index (χ2n) is 2.45. The third-order valence-corrected chi connectivity index (χ3v) is 2.66. The zero-order chi connectivity index (χ0) is 10.0. The molecule has 1 heterocycles. The molecule has 1 aromatic heterocycles. The van der Waals surface area contributed by atoms with Gasteiger partial charge in [-0.2, -0.15) is 0 Å². The maximum Gasteiger partial charge on any atom is 0.269 e. The molecule has 0 aliphatic rings. The third kappa shape index (κ3) is 2.26. The monoisotopic (exact) mass is 299 g/mol. The van der Waals surface area contributed by atoms with E-state index < -0.39 is 6.43 Å². The van der Waals surface area contributed by atoms with Crippen molar-refractivity contribution in [2.45, 2.75) is 13.3 Å². The highest BCUT2D eigenvalue weighted by Crippen LogP contribution is 2.29. The molecule has 0 unspecified atom stereocenters. The van der Waals surface area contributed by atoms with E-state index >= 15 is 0 Å². The molecule has 0 aliphatic heterocycles. The molecule has 0 aliphatic carbocycles. The van der Waals surface area contributed by atoms with Gasteiger partial charge in [0.25, 0.3) is 6.43 Å². The van der Waals surface area contributed by atoms with Gasteiger partial charge in [0.1, 0.15) is 0 Å². The maximum absolute atomic E-state index is 12.4. The summed E-state index contributed by atoms with van der Waals surface area (Å²) in [4.78, 5) is 3.90. The van der Waals surface area contributed by atoms with Crippen LogP contribution in [0.15, 0.2) is 6.07 Å². The van der Waals surface area contributed by atoms with Crippen molar-refractivity contribution in [1.29, 1.82) is 0 Å². The van der Waals surface area contributed by atoms with Gasteiger partial charge in [0.15, 0.2) is 0 Å². The molecular weight excluding hydrogens is 291 g/mol. The molecule has 1 rings (SSSR count). The van der Waals surface area contributed by atoms with Crippen molar-refractivity contribution in [3.05, 3.63) is 20.9 Å². The number of aromatic nitrogens is 1. The van der Waals surface area contributed by atoms with Crippen molar-refractivity contribution >= 4 is 22.6 Å². The summed E-state index contributed by atoms with van der Waals surface area (Å²) in [5, 5.41) is 0. The lowest BCUT2D eigenvalue weighted by Crippen LogP contribution is -1.99. The van der Waals surface area contributed by atoms with Gasteiger partial charge < -0.3 is 4.74 Å². The van der Waals surface area contributed by atoms with E-state index in [9.17, 15) is 8.78 Å². The van der Waals surface area contributed by atoms with Gasteiger partial charge in [-0.3, -0.25) is 0 Å². The molecule has 0 amide bonds. The molecule has 0 saturated carbocycles. The van der Waals surface area contributed by atoms with Crippen LogP contribution in [0.3, 0.4) is 0 Å². The summed E-state index contributed by atoms with van der Waals surface area (Å²) in [5.74, 6) is 0.00733. The fourth-order valence-corrected chi connectivity index (χ4v) is 1.35. The zero-order valence-corrected chi connectivity index (χ0v) is 9.30. The van der Waals surface area contributed by atoms with Crippen molar-refractivity contribution < 1.29 is 13.5 Å². The van der Waals surface area contributed by atoms with Crippen LogP contribution in [0.25, 0.3) is 0 Å². The van der Waals surface area contributed by atoms with Crippen LogP contribution in [0.1, 0.15) is 17.7 Å². The Morgan fingerprint density at radius 3 is 2.62 bits per heavy atom. The molecule has 1 aromatic rings. The van der Waals surface area contributed by atoms with E-state index in [0.29, 0.717) is 9.26 Å². The number of hydrogen-bond acceptors (Lipinski definition) is 2. The highest BCUT2D eigenvalue weighted by atomic mass is 127. The molecule has 0 aromatic carbocycles. The number of halogens is 3. The van der Waals surface area contributed by atoms with Crippen molar-refractivity contribution in [3.63, 3.8) is 0 Å². The van der Waals surface area contributed by atoms with Crippen LogP contribution >= 0.6 is 22.6 Å². The van der Waals surface area contributed by atoms with Crippen LogP contribution in [0, 0.1) is 10.5 Å². The lowest BCUT2D eigenvalue weighted by molar-refractivity contribution is 0.146. The Balaban J connectivity index is 3.25. The van der Waals surface area contributed by atoms with E-state index in [1.807, 2.05) is 22.6 Å². The smallest absolute Gasteiger partial charge is 0.269 e. The molecule has 5 heteroatoms. The van der Waals surface area contributed by atoms with Crippen LogP contribution in [-0.2, 0) is 0 Å². The SMILES string of the molecule is COc1nc(C)c(I)cc1C(F)F. The van der Waals surface area contributed by atoms with Gasteiger partial charge in [-0.05, 0) is 35.6 Å². The van der Waals surface area contributed by atoms with Gasteiger partial charge in [0.2, 0.25) is 5.88 Å². The molecule has 2 nitrogen and oxygen atoms in total. The molecule has 0 atom stereocenters. The molecule has 0 spiro atoms. The molecular formula is C8H8F2INO. The van der Waals surface area contributed by atoms with E-state index in [0.717, 1.165) is 0 Å². The van der Waals surface area contributed by atoms with E-state index in [-0.39, 0.29) is 11.4 Å². The number of pyridine rings is 1. The normalized spacial score (nSPS) is 10.6. The van der Waals surface area contributed by atoms with Gasteiger partial charge >= 0.3 is 0 Å². The minimum absolute atomic E-state index is 0.00733. The first-order valence-corrected chi connectivity index (χ1v) is 4.63. The predicted octanol–water partition coefficient (Wildman–Crippen LogP) is 2.94. The van der Waals surface area contributed by atoms with Gasteiger partial charge in [0, 0.05) is 3.57 Å². The number of rotatable bonds is 2. The summed E-state index contributed by atoms with van der Waals surface area (Å²) in [7, 11) is 1.33. The topological polar surface area (TPSA) is 22.1 Å². The summed E-state index contributed by atoms with van der Waals surface area (Å²) in [5.41, 5.74) is 0.541. The summed E-state index contributed by atoms with van der Waals surface area (Å²) < 4.78 is 30.3. The second kappa shape index (κ2) is 4.17. The zero-order valence-electron chi connectivity index (χ0n) is 7.14. The molecule has 13 heavy (non-hydrogen) atoms. The highest BCUT2D eigenvalue weighted by Gasteiger charge is 2.16. The van der Waals surface area contributed by atoms with Crippen LogP contribution < -0.4 is 4.74 Å². The summed E-state index contributed by atoms with van der Waals surface area (Å²) >= 11 is 1.96. The van der Waals surface area contributed by atoms with E-state index in [2.05, 4.69) is 4.98 Å². The number of methoxy groups -OCH3 is 1. The minimum atomic E-state index is -2.54. The first kappa shape index (κ1) is 10.6. The Bertz CT molecular complexity index is 317. The fourth-order valence-electron chi connectivity index (χ4n) is 0.893. The van der Waals surface area contributed by atoms with Gasteiger partial charge in [-0.1, -0.05) is 0 Å². The molecule has 0 radical (unpaired) electrons. The number of ether oxygens (including phenoxy) is 1. The number of hydrogen-bond donors (Lipinski definition) is 0. The maximum atomic E-state index is 12.4. The Morgan fingerprint density at radius 2 is 2.15 bits per heavy atom. The average molecular weight is 299 g/mol. The highest BCUT2D eigenvalue weighted by molar-refractivity contribution is 14.1. The summed E-state index contributed by atoms with van der Waals surface area (Å²) in [6, 6.07) is 1.40. The second-order valence-corrected chi connectivity index (χ2v) is 3.62. The number of nitrogens with zero attached hydrogens (tertiary/aromatic N) is 1. The number of alkyl halides is 2. The molecule has 0 saturated heterocycles. The van der Waals surface area contributed by atoms with E-state index in [4.69, 9.17) is 4.74 Å². The van der Waals surface area contributed by atoms with Gasteiger partial charge in [0.05, 0.1) is 18.4 Å². The lowest BCUT2D eigenvalue weighted by atomic mass is 10.2. The Hall–Kier alpha value is -0.460. The lowest BCUT2D eigenvalue weighted by Gasteiger charge is -2.08. The first-order chi connectivity index (χ1) is 6.06. The molecule has 72 valence electrons. The largest absolute Gasteiger partial charge is 0.481 e. The third-order valence-electron chi connectivity index (χ3n) is 1.57. The average Bonchev–Trinajstić information content (AvgIpc) is 2.08. The van der Waals surface area contributed by atoms with Crippen LogP contribution in [0.5, 0.6) is 5.88 Å². The Morgan fingerprint density at radius 1 is 1.54 bits per heavy atom. The Kier molecular flexibility index (Phi) is 3.40. The van der Waals surface area contributed by atoms with Crippen molar-refractivity contribution in [2.24, 2.45) is 0 Å². The van der Waals surface area contributed by atoms with Gasteiger partial charge in [-0.25, -0.2) is 13.8 Å². The van der Waals surface area contributed by atoms with E-state index in [1.165, 1.54) is 13.2 Å². The fraction of sp³-hybridized carbons (Fsp3) is 0.375. The van der Waals surface area contributed by atoms with Gasteiger partial charge in [-0.15, -0.1) is 0 Å². The molecule has 0 fully saturated rings.